The van der Waals surface area contributed by atoms with Gasteiger partial charge in [-0.05, 0) is 91.9 Å². The molecule has 6 nitrogen and oxygen atoms in total. The lowest BCUT2D eigenvalue weighted by Crippen LogP contribution is -2.44. The van der Waals surface area contributed by atoms with E-state index in [4.69, 9.17) is 28.9 Å². The van der Waals surface area contributed by atoms with E-state index >= 15 is 0 Å². The predicted octanol–water partition coefficient (Wildman–Crippen LogP) is 7.47. The highest BCUT2D eigenvalue weighted by atomic mass is 16.7. The molecule has 0 N–H and O–H groups in total. The maximum atomic E-state index is 6.44. The van der Waals surface area contributed by atoms with E-state index in [2.05, 4.69) is 25.6 Å². The highest BCUT2D eigenvalue weighted by molar-refractivity contribution is 5.68. The fourth-order valence-corrected chi connectivity index (χ4v) is 8.13. The average Bonchev–Trinajstić information content (AvgIpc) is 3.46. The molecular formula is C34H54N2O4. The molecule has 0 aromatic rings. The van der Waals surface area contributed by atoms with Crippen LogP contribution in [0.4, 0.5) is 0 Å². The van der Waals surface area contributed by atoms with Crippen molar-refractivity contribution in [3.63, 3.8) is 0 Å². The molecule has 0 amide bonds. The molecule has 3 heterocycles. The summed E-state index contributed by atoms with van der Waals surface area (Å²) in [7, 11) is 0. The van der Waals surface area contributed by atoms with Crippen LogP contribution in [-0.4, -0.2) is 62.5 Å². The second-order valence-corrected chi connectivity index (χ2v) is 14.3. The Morgan fingerprint density at radius 1 is 0.650 bits per heavy atom. The molecule has 0 radical (unpaired) electrons. The fourth-order valence-electron chi connectivity index (χ4n) is 8.13. The van der Waals surface area contributed by atoms with Gasteiger partial charge < -0.3 is 18.9 Å². The molecule has 5 aliphatic rings. The van der Waals surface area contributed by atoms with Crippen molar-refractivity contribution in [3.8, 4) is 0 Å². The van der Waals surface area contributed by atoms with Crippen molar-refractivity contribution in [2.45, 2.75) is 129 Å². The third kappa shape index (κ3) is 6.82. The number of allylic oxidation sites excluding steroid dienone is 2. The van der Waals surface area contributed by atoms with Gasteiger partial charge in [0.05, 0.1) is 25.4 Å². The normalized spacial score (nSPS) is 41.0. The van der Waals surface area contributed by atoms with Crippen LogP contribution in [-0.2, 0) is 18.9 Å². The highest BCUT2D eigenvalue weighted by Crippen LogP contribution is 2.51. The minimum Gasteiger partial charge on any atom is -0.348 e. The summed E-state index contributed by atoms with van der Waals surface area (Å²) in [5.74, 6) is -0.285. The van der Waals surface area contributed by atoms with E-state index < -0.39 is 11.6 Å². The average molecular weight is 555 g/mol. The third-order valence-electron chi connectivity index (χ3n) is 10.4. The number of hydrogen-bond donors (Lipinski definition) is 0. The zero-order valence-corrected chi connectivity index (χ0v) is 25.7. The van der Waals surface area contributed by atoms with Crippen LogP contribution in [0.25, 0.3) is 0 Å². The van der Waals surface area contributed by atoms with E-state index in [-0.39, 0.29) is 23.0 Å². The topological polar surface area (TPSA) is 61.6 Å². The Morgan fingerprint density at radius 3 is 1.45 bits per heavy atom. The van der Waals surface area contributed by atoms with Crippen LogP contribution in [0.15, 0.2) is 34.3 Å². The summed E-state index contributed by atoms with van der Waals surface area (Å²) in [6.45, 7) is 20.0. The van der Waals surface area contributed by atoms with Gasteiger partial charge in [0.25, 0.3) is 0 Å². The molecule has 2 saturated heterocycles. The molecule has 2 saturated carbocycles. The van der Waals surface area contributed by atoms with Gasteiger partial charge in [0.1, 0.15) is 0 Å². The van der Waals surface area contributed by atoms with Crippen LogP contribution in [0, 0.1) is 22.7 Å². The maximum absolute atomic E-state index is 6.44. The first-order chi connectivity index (χ1) is 19.0. The molecule has 5 rings (SSSR count). The van der Waals surface area contributed by atoms with Gasteiger partial charge >= 0.3 is 0 Å². The molecule has 2 aliphatic carbocycles. The molecule has 6 heteroatoms. The number of rotatable bonds is 2. The molecule has 3 aliphatic heterocycles. The van der Waals surface area contributed by atoms with Gasteiger partial charge in [-0.2, -0.15) is 0 Å². The van der Waals surface area contributed by atoms with Crippen molar-refractivity contribution < 1.29 is 18.9 Å². The lowest BCUT2D eigenvalue weighted by molar-refractivity contribution is -0.150. The summed E-state index contributed by atoms with van der Waals surface area (Å²) < 4.78 is 24.9. The van der Waals surface area contributed by atoms with E-state index in [0.717, 1.165) is 90.1 Å². The van der Waals surface area contributed by atoms with E-state index in [0.29, 0.717) is 25.0 Å². The van der Waals surface area contributed by atoms with Crippen LogP contribution in [0.1, 0.15) is 105 Å². The quantitative estimate of drug-likeness (QED) is 0.332. The van der Waals surface area contributed by atoms with Crippen molar-refractivity contribution in [2.75, 3.05) is 26.3 Å². The van der Waals surface area contributed by atoms with Crippen LogP contribution in [0.3, 0.4) is 0 Å². The number of aliphatic imine (C=N–C) groups is 2. The predicted molar refractivity (Wildman–Crippen MR) is 162 cm³/mol. The first-order valence-corrected chi connectivity index (χ1v) is 16.0. The third-order valence-corrected chi connectivity index (χ3v) is 10.4. The molecule has 0 aromatic heterocycles. The van der Waals surface area contributed by atoms with Crippen LogP contribution in [0.5, 0.6) is 0 Å². The van der Waals surface area contributed by atoms with Crippen LogP contribution >= 0.6 is 0 Å². The Balaban J connectivity index is 1.31. The smallest absolute Gasteiger partial charge is 0.163 e. The van der Waals surface area contributed by atoms with Crippen LogP contribution < -0.4 is 0 Å². The van der Waals surface area contributed by atoms with Crippen molar-refractivity contribution in [2.24, 2.45) is 32.7 Å². The summed E-state index contributed by atoms with van der Waals surface area (Å²) in [5, 5.41) is 0. The van der Waals surface area contributed by atoms with Gasteiger partial charge in [-0.15, -0.1) is 0 Å². The minimum atomic E-state index is -0.511. The SMILES string of the molecule is C=C1CC[C@@]2(C=NCCCC[C@@]3(C=NCCCC2)CCC(=C)C[C@H]3[C@@H]2COC(C)(C)O2)[C@H]([C@@H]2COC(C)(C)O2)C1. The van der Waals surface area contributed by atoms with E-state index in [1.165, 1.54) is 11.1 Å². The van der Waals surface area contributed by atoms with E-state index in [1.807, 2.05) is 27.7 Å². The van der Waals surface area contributed by atoms with Gasteiger partial charge in [0, 0.05) is 48.2 Å². The van der Waals surface area contributed by atoms with Crippen molar-refractivity contribution in [1.82, 2.24) is 0 Å². The Hall–Kier alpha value is -1.34. The number of nitrogens with zero attached hydrogens (tertiary/aromatic N) is 2. The van der Waals surface area contributed by atoms with E-state index in [9.17, 15) is 0 Å². The number of hydrogen-bond acceptors (Lipinski definition) is 6. The highest BCUT2D eigenvalue weighted by Gasteiger charge is 2.50. The minimum absolute atomic E-state index is 0.0478. The Labute approximate surface area is 243 Å². The zero-order chi connectivity index (χ0) is 28.4. The number of ether oxygens (including phenoxy) is 4. The first-order valence-electron chi connectivity index (χ1n) is 16.0. The lowest BCUT2D eigenvalue weighted by Gasteiger charge is -2.45. The fraction of sp³-hybridized carbons (Fsp3) is 0.824. The summed E-state index contributed by atoms with van der Waals surface area (Å²) in [5.41, 5.74) is 2.78. The van der Waals surface area contributed by atoms with Gasteiger partial charge in [-0.3, -0.25) is 9.98 Å². The van der Waals surface area contributed by atoms with Gasteiger partial charge in [-0.25, -0.2) is 0 Å². The molecule has 0 bridgehead atoms. The van der Waals surface area contributed by atoms with Gasteiger partial charge in [0.2, 0.25) is 0 Å². The summed E-state index contributed by atoms with van der Waals surface area (Å²) in [6, 6.07) is 0. The molecule has 6 atom stereocenters. The molecule has 2 spiro atoms. The van der Waals surface area contributed by atoms with Crippen molar-refractivity contribution in [3.05, 3.63) is 24.3 Å². The van der Waals surface area contributed by atoms with Crippen molar-refractivity contribution >= 4 is 12.4 Å². The van der Waals surface area contributed by atoms with E-state index in [1.54, 1.807) is 0 Å². The van der Waals surface area contributed by atoms with Crippen molar-refractivity contribution in [1.29, 1.82) is 0 Å². The van der Waals surface area contributed by atoms with Gasteiger partial charge in [-0.1, -0.05) is 37.1 Å². The molecular weight excluding hydrogens is 500 g/mol. The summed E-state index contributed by atoms with van der Waals surface area (Å²) in [6.07, 6.45) is 18.0. The molecule has 0 unspecified atom stereocenters. The van der Waals surface area contributed by atoms with Crippen LogP contribution in [0.2, 0.25) is 0 Å². The lowest BCUT2D eigenvalue weighted by atomic mass is 9.61. The second kappa shape index (κ2) is 12.1. The molecule has 40 heavy (non-hydrogen) atoms. The standard InChI is InChI=1S/C34H54N2O4/c1-25-11-15-33(27(19-25)29-21-37-31(3,4)39-29)13-7-9-18-36-24-34(14-8-10-17-35-23-33)16-12-26(2)20-28(34)30-22-38-32(5,6)40-30/h23-24,27-30H,1-2,7-22H2,3-6H3/t27-,28-,29-,30-,33-,34-/m0/s1. The Kier molecular flexibility index (Phi) is 9.12. The summed E-state index contributed by atoms with van der Waals surface area (Å²) >= 11 is 0. The zero-order valence-electron chi connectivity index (χ0n) is 25.7. The van der Waals surface area contributed by atoms with Gasteiger partial charge in [0.15, 0.2) is 11.6 Å². The Bertz CT molecular complexity index is 908. The first kappa shape index (κ1) is 30.1. The Morgan fingerprint density at radius 2 is 1.07 bits per heavy atom. The summed E-state index contributed by atoms with van der Waals surface area (Å²) in [4.78, 5) is 10.3. The maximum Gasteiger partial charge on any atom is 0.163 e. The molecule has 0 aromatic carbocycles. The second-order valence-electron chi connectivity index (χ2n) is 14.3. The monoisotopic (exact) mass is 554 g/mol. The molecule has 4 fully saturated rings. The largest absolute Gasteiger partial charge is 0.348 e. The molecule has 224 valence electrons.